The Morgan fingerprint density at radius 3 is 2.67 bits per heavy atom. The molecule has 2 N–H and O–H groups in total. The van der Waals surface area contributed by atoms with Crippen LogP contribution in [0.15, 0.2) is 23.0 Å². The van der Waals surface area contributed by atoms with Crippen LogP contribution in [0.3, 0.4) is 0 Å². The predicted octanol–water partition coefficient (Wildman–Crippen LogP) is 1.96. The monoisotopic (exact) mass is 206 g/mol. The Bertz CT molecular complexity index is 517. The second-order valence-electron chi connectivity index (χ2n) is 2.82. The van der Waals surface area contributed by atoms with E-state index < -0.39 is 0 Å². The molecule has 0 spiro atoms. The van der Waals surface area contributed by atoms with Gasteiger partial charge in [0.05, 0.1) is 5.39 Å². The molecule has 4 heteroatoms. The molecule has 0 aliphatic carbocycles. The topological polar surface area (TPSA) is 66.0 Å². The number of aromatic hydroxyl groups is 1. The van der Waals surface area contributed by atoms with Crippen molar-refractivity contribution in [2.75, 3.05) is 0 Å². The minimum atomic E-state index is -0.224. The molecule has 0 aliphatic heterocycles. The standard InChI is InChI=1S/C9H8N2O2.C2H6/c1-5-10-8-6(9(13)11-5)3-2-4-7(8)12;1-2/h2-4,12H,1H3,(H,10,11,13);1-2H3. The van der Waals surface area contributed by atoms with Crippen LogP contribution in [0.4, 0.5) is 0 Å². The molecular weight excluding hydrogens is 192 g/mol. The summed E-state index contributed by atoms with van der Waals surface area (Å²) in [5, 5.41) is 9.81. The number of hydrogen-bond donors (Lipinski definition) is 2. The summed E-state index contributed by atoms with van der Waals surface area (Å²) in [5.74, 6) is 0.533. The van der Waals surface area contributed by atoms with E-state index >= 15 is 0 Å². The normalized spacial score (nSPS) is 9.53. The highest BCUT2D eigenvalue weighted by Crippen LogP contribution is 2.18. The van der Waals surface area contributed by atoms with E-state index in [-0.39, 0.29) is 11.3 Å². The Labute approximate surface area is 87.6 Å². The third kappa shape index (κ3) is 2.15. The largest absolute Gasteiger partial charge is 0.506 e. The van der Waals surface area contributed by atoms with E-state index in [1.165, 1.54) is 6.07 Å². The van der Waals surface area contributed by atoms with E-state index in [9.17, 15) is 9.90 Å². The van der Waals surface area contributed by atoms with E-state index in [1.807, 2.05) is 13.8 Å². The minimum Gasteiger partial charge on any atom is -0.506 e. The lowest BCUT2D eigenvalue weighted by Gasteiger charge is -1.99. The number of hydrogen-bond acceptors (Lipinski definition) is 3. The van der Waals surface area contributed by atoms with E-state index in [1.54, 1.807) is 19.1 Å². The first-order chi connectivity index (χ1) is 7.18. The number of rotatable bonds is 0. The van der Waals surface area contributed by atoms with Crippen molar-refractivity contribution in [1.82, 2.24) is 9.97 Å². The fraction of sp³-hybridized carbons (Fsp3) is 0.273. The zero-order chi connectivity index (χ0) is 11.4. The van der Waals surface area contributed by atoms with Crippen LogP contribution >= 0.6 is 0 Å². The summed E-state index contributed by atoms with van der Waals surface area (Å²) in [4.78, 5) is 17.9. The van der Waals surface area contributed by atoms with Crippen molar-refractivity contribution in [2.24, 2.45) is 0 Å². The Hall–Kier alpha value is -1.84. The molecule has 1 aromatic heterocycles. The van der Waals surface area contributed by atoms with Gasteiger partial charge in [0.25, 0.3) is 5.56 Å². The van der Waals surface area contributed by atoms with E-state index in [4.69, 9.17) is 0 Å². The molecule has 15 heavy (non-hydrogen) atoms. The van der Waals surface area contributed by atoms with Gasteiger partial charge in [-0.05, 0) is 19.1 Å². The zero-order valence-corrected chi connectivity index (χ0v) is 9.03. The average molecular weight is 206 g/mol. The smallest absolute Gasteiger partial charge is 0.258 e. The lowest BCUT2D eigenvalue weighted by Crippen LogP contribution is -2.09. The van der Waals surface area contributed by atoms with Crippen LogP contribution in [0.25, 0.3) is 10.9 Å². The molecule has 0 fully saturated rings. The number of aromatic nitrogens is 2. The number of benzene rings is 1. The molecule has 0 saturated carbocycles. The molecule has 0 saturated heterocycles. The van der Waals surface area contributed by atoms with Crippen molar-refractivity contribution >= 4 is 10.9 Å². The van der Waals surface area contributed by atoms with Gasteiger partial charge in [0.2, 0.25) is 0 Å². The first-order valence-corrected chi connectivity index (χ1v) is 4.87. The molecule has 0 radical (unpaired) electrons. The van der Waals surface area contributed by atoms with E-state index in [0.717, 1.165) is 0 Å². The minimum absolute atomic E-state index is 0.0340. The molecule has 0 unspecified atom stereocenters. The van der Waals surface area contributed by atoms with Crippen molar-refractivity contribution in [1.29, 1.82) is 0 Å². The molecule has 2 rings (SSSR count). The second-order valence-corrected chi connectivity index (χ2v) is 2.82. The lowest BCUT2D eigenvalue weighted by atomic mass is 10.2. The maximum Gasteiger partial charge on any atom is 0.258 e. The highest BCUT2D eigenvalue weighted by atomic mass is 16.3. The van der Waals surface area contributed by atoms with Gasteiger partial charge in [0, 0.05) is 0 Å². The third-order valence-corrected chi connectivity index (χ3v) is 1.83. The van der Waals surface area contributed by atoms with Gasteiger partial charge in [-0.3, -0.25) is 4.79 Å². The zero-order valence-electron chi connectivity index (χ0n) is 9.03. The molecule has 1 aromatic carbocycles. The number of phenolic OH excluding ortho intramolecular Hbond substituents is 1. The van der Waals surface area contributed by atoms with Gasteiger partial charge in [-0.25, -0.2) is 4.98 Å². The number of fused-ring (bicyclic) bond motifs is 1. The number of para-hydroxylation sites is 1. The van der Waals surface area contributed by atoms with Crippen LogP contribution in [0, 0.1) is 6.92 Å². The van der Waals surface area contributed by atoms with Crippen molar-refractivity contribution in [2.45, 2.75) is 20.8 Å². The third-order valence-electron chi connectivity index (χ3n) is 1.83. The fourth-order valence-electron chi connectivity index (χ4n) is 1.26. The summed E-state index contributed by atoms with van der Waals surface area (Å²) in [6.07, 6.45) is 0. The summed E-state index contributed by atoms with van der Waals surface area (Å²) >= 11 is 0. The molecular formula is C11H14N2O2. The number of nitrogens with one attached hydrogen (secondary N) is 1. The summed E-state index contributed by atoms with van der Waals surface area (Å²) < 4.78 is 0. The van der Waals surface area contributed by atoms with Gasteiger partial charge in [0.1, 0.15) is 17.1 Å². The lowest BCUT2D eigenvalue weighted by molar-refractivity contribution is 0.480. The Balaban J connectivity index is 0.000000531. The highest BCUT2D eigenvalue weighted by molar-refractivity contribution is 5.83. The first-order valence-electron chi connectivity index (χ1n) is 4.87. The van der Waals surface area contributed by atoms with Crippen LogP contribution in [0.2, 0.25) is 0 Å². The number of phenols is 1. The molecule has 0 atom stereocenters. The summed E-state index contributed by atoms with van der Waals surface area (Å²) in [6, 6.07) is 4.75. The molecule has 80 valence electrons. The molecule has 0 amide bonds. The SMILES string of the molecule is CC.Cc1nc2c(O)cccc2c(=O)[nH]1. The Morgan fingerprint density at radius 1 is 1.33 bits per heavy atom. The van der Waals surface area contributed by atoms with Gasteiger partial charge in [-0.2, -0.15) is 0 Å². The summed E-state index contributed by atoms with van der Waals surface area (Å²) in [5.41, 5.74) is 0.127. The molecule has 2 aromatic rings. The van der Waals surface area contributed by atoms with Crippen molar-refractivity contribution in [3.8, 4) is 5.75 Å². The molecule has 0 bridgehead atoms. The maximum atomic E-state index is 11.3. The van der Waals surface area contributed by atoms with Gasteiger partial charge >= 0.3 is 0 Å². The first kappa shape index (κ1) is 11.2. The van der Waals surface area contributed by atoms with Gasteiger partial charge in [-0.1, -0.05) is 19.9 Å². The molecule has 0 aliphatic rings. The number of aryl methyl sites for hydroxylation is 1. The van der Waals surface area contributed by atoms with Crippen molar-refractivity contribution in [3.63, 3.8) is 0 Å². The van der Waals surface area contributed by atoms with E-state index in [0.29, 0.717) is 16.7 Å². The number of H-pyrrole nitrogens is 1. The number of aromatic amines is 1. The van der Waals surface area contributed by atoms with Crippen LogP contribution in [-0.4, -0.2) is 15.1 Å². The van der Waals surface area contributed by atoms with Gasteiger partial charge < -0.3 is 10.1 Å². The van der Waals surface area contributed by atoms with E-state index in [2.05, 4.69) is 9.97 Å². The Morgan fingerprint density at radius 2 is 2.00 bits per heavy atom. The Kier molecular flexibility index (Phi) is 3.44. The molecule has 4 nitrogen and oxygen atoms in total. The fourth-order valence-corrected chi connectivity index (χ4v) is 1.26. The predicted molar refractivity (Wildman–Crippen MR) is 60.1 cm³/mol. The average Bonchev–Trinajstić information content (AvgIpc) is 2.23. The van der Waals surface area contributed by atoms with Crippen LogP contribution < -0.4 is 5.56 Å². The summed E-state index contributed by atoms with van der Waals surface area (Å²) in [7, 11) is 0. The van der Waals surface area contributed by atoms with Gasteiger partial charge in [-0.15, -0.1) is 0 Å². The van der Waals surface area contributed by atoms with Crippen LogP contribution in [0.5, 0.6) is 5.75 Å². The van der Waals surface area contributed by atoms with Crippen LogP contribution in [0.1, 0.15) is 19.7 Å². The van der Waals surface area contributed by atoms with Crippen LogP contribution in [-0.2, 0) is 0 Å². The summed E-state index contributed by atoms with van der Waals surface area (Å²) in [6.45, 7) is 5.67. The van der Waals surface area contributed by atoms with Gasteiger partial charge in [0.15, 0.2) is 0 Å². The van der Waals surface area contributed by atoms with Crippen molar-refractivity contribution in [3.05, 3.63) is 34.4 Å². The quantitative estimate of drug-likeness (QED) is 0.692. The molecule has 1 heterocycles. The number of nitrogens with zero attached hydrogens (tertiary/aromatic N) is 1. The maximum absolute atomic E-state index is 11.3. The second kappa shape index (κ2) is 4.59. The highest BCUT2D eigenvalue weighted by Gasteiger charge is 2.04. The van der Waals surface area contributed by atoms with Crippen molar-refractivity contribution < 1.29 is 5.11 Å².